The SMILES string of the molecule is N[C@H](c1ccccc1)[C@@H]1CCCCN1[C@@H](CO)c1ccccc1. The molecule has 3 nitrogen and oxygen atoms in total. The van der Waals surface area contributed by atoms with E-state index in [1.165, 1.54) is 24.0 Å². The van der Waals surface area contributed by atoms with Gasteiger partial charge < -0.3 is 10.8 Å². The van der Waals surface area contributed by atoms with E-state index in [9.17, 15) is 5.11 Å². The normalized spacial score (nSPS) is 21.7. The number of aliphatic hydroxyl groups is 1. The standard InChI is InChI=1S/C20H26N2O/c21-20(17-11-5-2-6-12-17)18-13-7-8-14-22(18)19(15-23)16-9-3-1-4-10-16/h1-6,9-12,18-20,23H,7-8,13-15,21H2/t18-,19-,20+/m0/s1. The van der Waals surface area contributed by atoms with Crippen LogP contribution in [-0.2, 0) is 0 Å². The highest BCUT2D eigenvalue weighted by Gasteiger charge is 2.33. The van der Waals surface area contributed by atoms with Crippen LogP contribution < -0.4 is 5.73 Å². The Hall–Kier alpha value is -1.68. The van der Waals surface area contributed by atoms with Gasteiger partial charge in [-0.2, -0.15) is 0 Å². The number of piperidine rings is 1. The molecule has 122 valence electrons. The molecule has 0 aromatic heterocycles. The molecule has 3 heteroatoms. The van der Waals surface area contributed by atoms with E-state index in [0.29, 0.717) is 0 Å². The molecule has 3 atom stereocenters. The molecule has 0 saturated carbocycles. The summed E-state index contributed by atoms with van der Waals surface area (Å²) in [6.07, 6.45) is 3.45. The molecular formula is C20H26N2O. The summed E-state index contributed by atoms with van der Waals surface area (Å²) < 4.78 is 0. The molecule has 1 aliphatic rings. The molecule has 2 aromatic rings. The molecule has 3 N–H and O–H groups in total. The average molecular weight is 310 g/mol. The number of hydrogen-bond acceptors (Lipinski definition) is 3. The molecule has 3 rings (SSSR count). The van der Waals surface area contributed by atoms with Gasteiger partial charge in [0.05, 0.1) is 12.6 Å². The second-order valence-electron chi connectivity index (χ2n) is 6.35. The molecule has 1 saturated heterocycles. The third-order valence-corrected chi connectivity index (χ3v) is 4.95. The van der Waals surface area contributed by atoms with Gasteiger partial charge in [-0.3, -0.25) is 4.90 Å². The molecular weight excluding hydrogens is 284 g/mol. The van der Waals surface area contributed by atoms with E-state index >= 15 is 0 Å². The summed E-state index contributed by atoms with van der Waals surface area (Å²) in [5, 5.41) is 10.0. The summed E-state index contributed by atoms with van der Waals surface area (Å²) in [6.45, 7) is 1.12. The maximum atomic E-state index is 10.0. The minimum absolute atomic E-state index is 0.0192. The summed E-state index contributed by atoms with van der Waals surface area (Å²) in [7, 11) is 0. The summed E-state index contributed by atoms with van der Waals surface area (Å²) in [4.78, 5) is 2.41. The smallest absolute Gasteiger partial charge is 0.0628 e. The van der Waals surface area contributed by atoms with Crippen molar-refractivity contribution >= 4 is 0 Å². The van der Waals surface area contributed by atoms with Gasteiger partial charge in [0.2, 0.25) is 0 Å². The van der Waals surface area contributed by atoms with Crippen molar-refractivity contribution in [2.45, 2.75) is 37.4 Å². The minimum Gasteiger partial charge on any atom is -0.394 e. The van der Waals surface area contributed by atoms with Crippen LogP contribution in [0.5, 0.6) is 0 Å². The quantitative estimate of drug-likeness (QED) is 0.891. The van der Waals surface area contributed by atoms with E-state index in [4.69, 9.17) is 5.73 Å². The zero-order chi connectivity index (χ0) is 16.1. The highest BCUT2D eigenvalue weighted by atomic mass is 16.3. The highest BCUT2D eigenvalue weighted by Crippen LogP contribution is 2.33. The first-order valence-electron chi connectivity index (χ1n) is 8.53. The van der Waals surface area contributed by atoms with Crippen LogP contribution in [0.3, 0.4) is 0 Å². The fourth-order valence-corrected chi connectivity index (χ4v) is 3.73. The summed E-state index contributed by atoms with van der Waals surface area (Å²) in [6, 6.07) is 20.9. The Bertz CT molecular complexity index is 587. The summed E-state index contributed by atoms with van der Waals surface area (Å²) in [5.74, 6) is 0. The first-order valence-corrected chi connectivity index (χ1v) is 8.53. The number of likely N-dealkylation sites (tertiary alicyclic amines) is 1. The van der Waals surface area contributed by atoms with Crippen molar-refractivity contribution in [3.8, 4) is 0 Å². The molecule has 0 amide bonds. The van der Waals surface area contributed by atoms with Gasteiger partial charge in [0.15, 0.2) is 0 Å². The van der Waals surface area contributed by atoms with E-state index in [0.717, 1.165) is 13.0 Å². The number of rotatable bonds is 5. The average Bonchev–Trinajstić information content (AvgIpc) is 2.64. The molecule has 23 heavy (non-hydrogen) atoms. The lowest BCUT2D eigenvalue weighted by Crippen LogP contribution is -2.48. The second kappa shape index (κ2) is 7.73. The predicted molar refractivity (Wildman–Crippen MR) is 94.0 cm³/mol. The van der Waals surface area contributed by atoms with E-state index in [1.54, 1.807) is 0 Å². The maximum absolute atomic E-state index is 10.0. The predicted octanol–water partition coefficient (Wildman–Crippen LogP) is 3.27. The van der Waals surface area contributed by atoms with Crippen LogP contribution in [0.1, 0.15) is 42.5 Å². The molecule has 1 heterocycles. The number of benzene rings is 2. The van der Waals surface area contributed by atoms with Crippen LogP contribution in [0.15, 0.2) is 60.7 Å². The molecule has 1 aliphatic heterocycles. The largest absolute Gasteiger partial charge is 0.394 e. The molecule has 0 unspecified atom stereocenters. The van der Waals surface area contributed by atoms with Crippen LogP contribution in [0.2, 0.25) is 0 Å². The van der Waals surface area contributed by atoms with Gasteiger partial charge in [-0.05, 0) is 30.5 Å². The molecule has 0 bridgehead atoms. The van der Waals surface area contributed by atoms with E-state index in [-0.39, 0.29) is 24.7 Å². The molecule has 0 aliphatic carbocycles. The van der Waals surface area contributed by atoms with Gasteiger partial charge in [-0.15, -0.1) is 0 Å². The van der Waals surface area contributed by atoms with E-state index in [2.05, 4.69) is 29.2 Å². The zero-order valence-corrected chi connectivity index (χ0v) is 13.5. The summed E-state index contributed by atoms with van der Waals surface area (Å²) in [5.41, 5.74) is 8.95. The van der Waals surface area contributed by atoms with Gasteiger partial charge in [-0.1, -0.05) is 67.1 Å². The lowest BCUT2D eigenvalue weighted by molar-refractivity contribution is 0.0441. The molecule has 2 aromatic carbocycles. The maximum Gasteiger partial charge on any atom is 0.0628 e. The second-order valence-corrected chi connectivity index (χ2v) is 6.35. The number of nitrogens with two attached hydrogens (primary N) is 1. The van der Waals surface area contributed by atoms with Crippen molar-refractivity contribution < 1.29 is 5.11 Å². The number of nitrogens with zero attached hydrogens (tertiary/aromatic N) is 1. The van der Waals surface area contributed by atoms with Gasteiger partial charge in [-0.25, -0.2) is 0 Å². The lowest BCUT2D eigenvalue weighted by atomic mass is 9.89. The van der Waals surface area contributed by atoms with Crippen molar-refractivity contribution in [1.82, 2.24) is 4.90 Å². The van der Waals surface area contributed by atoms with Gasteiger partial charge in [0, 0.05) is 12.1 Å². The fourth-order valence-electron chi connectivity index (χ4n) is 3.73. The van der Waals surface area contributed by atoms with Crippen molar-refractivity contribution in [3.63, 3.8) is 0 Å². The fraction of sp³-hybridized carbons (Fsp3) is 0.400. The van der Waals surface area contributed by atoms with Gasteiger partial charge in [0.25, 0.3) is 0 Å². The van der Waals surface area contributed by atoms with Gasteiger partial charge >= 0.3 is 0 Å². The Morgan fingerprint density at radius 1 is 0.957 bits per heavy atom. The van der Waals surface area contributed by atoms with Gasteiger partial charge in [0.1, 0.15) is 0 Å². The van der Waals surface area contributed by atoms with Crippen molar-refractivity contribution in [1.29, 1.82) is 0 Å². The van der Waals surface area contributed by atoms with Crippen molar-refractivity contribution in [3.05, 3.63) is 71.8 Å². The molecule has 0 spiro atoms. The van der Waals surface area contributed by atoms with E-state index in [1.807, 2.05) is 36.4 Å². The lowest BCUT2D eigenvalue weighted by Gasteiger charge is -2.43. The van der Waals surface area contributed by atoms with Crippen LogP contribution in [0, 0.1) is 0 Å². The first-order chi connectivity index (χ1) is 11.3. The van der Waals surface area contributed by atoms with Crippen LogP contribution in [0.4, 0.5) is 0 Å². The number of aliphatic hydroxyl groups excluding tert-OH is 1. The number of hydrogen-bond donors (Lipinski definition) is 2. The third kappa shape index (κ3) is 3.63. The Morgan fingerprint density at radius 2 is 1.57 bits per heavy atom. The van der Waals surface area contributed by atoms with E-state index < -0.39 is 0 Å². The third-order valence-electron chi connectivity index (χ3n) is 4.95. The zero-order valence-electron chi connectivity index (χ0n) is 13.5. The Morgan fingerprint density at radius 3 is 2.17 bits per heavy atom. The van der Waals surface area contributed by atoms with Crippen LogP contribution in [0.25, 0.3) is 0 Å². The first kappa shape index (κ1) is 16.2. The molecule has 0 radical (unpaired) electrons. The Kier molecular flexibility index (Phi) is 5.44. The Labute approximate surface area is 138 Å². The Balaban J connectivity index is 1.86. The summed E-state index contributed by atoms with van der Waals surface area (Å²) >= 11 is 0. The van der Waals surface area contributed by atoms with Crippen LogP contribution >= 0.6 is 0 Å². The van der Waals surface area contributed by atoms with Crippen molar-refractivity contribution in [2.24, 2.45) is 5.73 Å². The monoisotopic (exact) mass is 310 g/mol. The minimum atomic E-state index is -0.0192. The van der Waals surface area contributed by atoms with Crippen LogP contribution in [-0.4, -0.2) is 29.2 Å². The van der Waals surface area contributed by atoms with Crippen molar-refractivity contribution in [2.75, 3.05) is 13.2 Å². The topological polar surface area (TPSA) is 49.5 Å². The molecule has 1 fully saturated rings. The highest BCUT2D eigenvalue weighted by molar-refractivity contribution is 5.23.